The third kappa shape index (κ3) is 11.0. The molecule has 14 nitrogen and oxygen atoms in total. The Morgan fingerprint density at radius 3 is 1.43 bits per heavy atom. The van der Waals surface area contributed by atoms with Crippen molar-refractivity contribution in [1.29, 1.82) is 0 Å². The van der Waals surface area contributed by atoms with Gasteiger partial charge in [0.25, 0.3) is 0 Å². The summed E-state index contributed by atoms with van der Waals surface area (Å²) < 4.78 is 20.6. The number of benzene rings is 2. The van der Waals surface area contributed by atoms with Gasteiger partial charge in [-0.1, -0.05) is 24.3 Å². The molecule has 4 N–H and O–H groups in total. The van der Waals surface area contributed by atoms with E-state index in [2.05, 4.69) is 21.3 Å². The van der Waals surface area contributed by atoms with Gasteiger partial charge in [-0.05, 0) is 116 Å². The Morgan fingerprint density at radius 2 is 1.04 bits per heavy atom. The number of carbonyl (C=O) groups excluding carboxylic acids is 6. The molecule has 2 aromatic carbocycles. The third-order valence-corrected chi connectivity index (χ3v) is 9.27. The Labute approximate surface area is 317 Å². The normalized spacial score (nSPS) is 20.7. The van der Waals surface area contributed by atoms with Gasteiger partial charge in [0.05, 0.1) is 36.9 Å². The summed E-state index contributed by atoms with van der Waals surface area (Å²) in [6.07, 6.45) is 1.64. The molecule has 4 unspecified atom stereocenters. The SMILES string of the molecule is COC(=O)C1C(C)(C(=O)Nc2ccc(CCCNC(=O)OC(C)(C)C)cc2)C(C(=O)Nc2ccc(CCCNC(=O)OC(C)(C)C)cc2)C1(C)C(=O)OC. The van der Waals surface area contributed by atoms with Crippen LogP contribution in [0.15, 0.2) is 48.5 Å². The van der Waals surface area contributed by atoms with Gasteiger partial charge >= 0.3 is 24.1 Å². The molecule has 1 aliphatic carbocycles. The van der Waals surface area contributed by atoms with Crippen molar-refractivity contribution in [3.8, 4) is 0 Å². The van der Waals surface area contributed by atoms with Gasteiger partial charge in [-0.2, -0.15) is 0 Å². The Morgan fingerprint density at radius 1 is 0.611 bits per heavy atom. The second kappa shape index (κ2) is 17.8. The molecule has 4 atom stereocenters. The molecule has 1 saturated carbocycles. The van der Waals surface area contributed by atoms with Gasteiger partial charge in [0.1, 0.15) is 11.2 Å². The van der Waals surface area contributed by atoms with Crippen molar-refractivity contribution in [2.24, 2.45) is 22.7 Å². The maximum Gasteiger partial charge on any atom is 0.407 e. The minimum atomic E-state index is -1.73. The molecule has 0 radical (unpaired) electrons. The minimum absolute atomic E-state index is 0.419. The van der Waals surface area contributed by atoms with Crippen LogP contribution in [0.1, 0.15) is 79.4 Å². The maximum atomic E-state index is 14.1. The quantitative estimate of drug-likeness (QED) is 0.105. The second-order valence-corrected chi connectivity index (χ2v) is 15.8. The Kier molecular flexibility index (Phi) is 14.3. The first-order chi connectivity index (χ1) is 25.1. The first-order valence-corrected chi connectivity index (χ1v) is 18.1. The molecule has 4 amide bonds. The summed E-state index contributed by atoms with van der Waals surface area (Å²) in [7, 11) is 2.31. The van der Waals surface area contributed by atoms with E-state index >= 15 is 0 Å². The summed E-state index contributed by atoms with van der Waals surface area (Å²) in [6, 6.07) is 14.1. The molecule has 1 aliphatic rings. The van der Waals surface area contributed by atoms with Crippen LogP contribution in [0.25, 0.3) is 0 Å². The van der Waals surface area contributed by atoms with Crippen molar-refractivity contribution in [2.45, 2.75) is 92.3 Å². The average Bonchev–Trinajstić information content (AvgIpc) is 3.07. The minimum Gasteiger partial charge on any atom is -0.469 e. The van der Waals surface area contributed by atoms with Crippen LogP contribution in [-0.2, 0) is 51.0 Å². The van der Waals surface area contributed by atoms with Crippen LogP contribution in [0, 0.1) is 22.7 Å². The lowest BCUT2D eigenvalue weighted by atomic mass is 9.39. The van der Waals surface area contributed by atoms with E-state index in [1.165, 1.54) is 13.8 Å². The van der Waals surface area contributed by atoms with Crippen molar-refractivity contribution in [3.05, 3.63) is 59.7 Å². The molecule has 3 rings (SSSR count). The van der Waals surface area contributed by atoms with Crippen LogP contribution < -0.4 is 21.3 Å². The van der Waals surface area contributed by atoms with E-state index in [0.29, 0.717) is 50.1 Å². The number of aryl methyl sites for hydroxylation is 2. The first kappa shape index (κ1) is 43.3. The zero-order valence-electron chi connectivity index (χ0n) is 33.1. The molecule has 0 saturated heterocycles. The van der Waals surface area contributed by atoms with Gasteiger partial charge in [0.15, 0.2) is 0 Å². The summed E-state index contributed by atoms with van der Waals surface area (Å²) in [6.45, 7) is 14.5. The number of ether oxygens (including phenoxy) is 4. The number of hydrogen-bond acceptors (Lipinski definition) is 10. The molecule has 296 valence electrons. The van der Waals surface area contributed by atoms with E-state index in [-0.39, 0.29) is 0 Å². The van der Waals surface area contributed by atoms with Gasteiger partial charge in [-0.15, -0.1) is 0 Å². The summed E-state index contributed by atoms with van der Waals surface area (Å²) in [5.74, 6) is -5.62. The van der Waals surface area contributed by atoms with E-state index in [9.17, 15) is 28.8 Å². The zero-order chi connectivity index (χ0) is 40.5. The van der Waals surface area contributed by atoms with E-state index in [0.717, 1.165) is 25.3 Å². The number of hydrogen-bond donors (Lipinski definition) is 4. The molecule has 0 aromatic heterocycles. The monoisotopic (exact) mass is 752 g/mol. The summed E-state index contributed by atoms with van der Waals surface area (Å²) in [5.41, 5.74) is -1.85. The van der Waals surface area contributed by atoms with Crippen LogP contribution in [0.5, 0.6) is 0 Å². The molecule has 0 spiro atoms. The van der Waals surface area contributed by atoms with E-state index in [1.807, 2.05) is 24.3 Å². The van der Waals surface area contributed by atoms with E-state index in [4.69, 9.17) is 18.9 Å². The van der Waals surface area contributed by atoms with Crippen molar-refractivity contribution in [1.82, 2.24) is 10.6 Å². The number of nitrogens with one attached hydrogen (secondary N) is 4. The zero-order valence-corrected chi connectivity index (χ0v) is 33.1. The largest absolute Gasteiger partial charge is 0.469 e. The molecule has 0 bridgehead atoms. The lowest BCUT2D eigenvalue weighted by Crippen LogP contribution is -2.74. The van der Waals surface area contributed by atoms with Crippen molar-refractivity contribution >= 4 is 47.3 Å². The predicted molar refractivity (Wildman–Crippen MR) is 202 cm³/mol. The highest BCUT2D eigenvalue weighted by Crippen LogP contribution is 2.65. The summed E-state index contributed by atoms with van der Waals surface area (Å²) >= 11 is 0. The molecule has 1 fully saturated rings. The van der Waals surface area contributed by atoms with Crippen LogP contribution >= 0.6 is 0 Å². The number of methoxy groups -OCH3 is 2. The number of esters is 2. The van der Waals surface area contributed by atoms with E-state index in [1.54, 1.807) is 65.8 Å². The maximum absolute atomic E-state index is 14.1. The first-order valence-electron chi connectivity index (χ1n) is 18.1. The summed E-state index contributed by atoms with van der Waals surface area (Å²) in [4.78, 5) is 78.5. The predicted octanol–water partition coefficient (Wildman–Crippen LogP) is 5.78. The number of amides is 4. The molecular formula is C40H56N4O10. The van der Waals surface area contributed by atoms with Gasteiger partial charge in [0, 0.05) is 24.5 Å². The molecule has 0 heterocycles. The second-order valence-electron chi connectivity index (χ2n) is 15.8. The fraction of sp³-hybridized carbons (Fsp3) is 0.550. The number of alkyl carbamates (subject to hydrolysis) is 2. The molecular weight excluding hydrogens is 696 g/mol. The van der Waals surface area contributed by atoms with E-state index < -0.39 is 69.8 Å². The fourth-order valence-corrected chi connectivity index (χ4v) is 6.94. The Hall–Kier alpha value is -5.14. The Balaban J connectivity index is 1.72. The highest BCUT2D eigenvalue weighted by Gasteiger charge is 2.78. The van der Waals surface area contributed by atoms with Gasteiger partial charge in [0.2, 0.25) is 11.8 Å². The summed E-state index contributed by atoms with van der Waals surface area (Å²) in [5, 5.41) is 11.1. The standard InChI is InChI=1S/C40H56N4O10/c1-37(2,3)53-35(49)41-23-11-13-25-15-19-27(20-16-25)43-31(45)29-39(7,30(32(46)51-9)40(29,8)34(48)52-10)33(47)44-28-21-17-26(18-22-28)14-12-24-42-36(50)54-38(4,5)6/h15-22,29-30H,11-14,23-24H2,1-10H3,(H,41,49)(H,42,50)(H,43,45)(H,44,47). The lowest BCUT2D eigenvalue weighted by molar-refractivity contribution is -0.218. The number of carbonyl (C=O) groups is 6. The van der Waals surface area contributed by atoms with Crippen molar-refractivity contribution in [3.63, 3.8) is 0 Å². The highest BCUT2D eigenvalue weighted by molar-refractivity contribution is 6.10. The van der Waals surface area contributed by atoms with Crippen molar-refractivity contribution < 1.29 is 47.7 Å². The molecule has 2 aromatic rings. The average molecular weight is 753 g/mol. The molecule has 14 heteroatoms. The van der Waals surface area contributed by atoms with Crippen LogP contribution in [0.2, 0.25) is 0 Å². The third-order valence-electron chi connectivity index (χ3n) is 9.27. The van der Waals surface area contributed by atoms with Crippen LogP contribution in [0.3, 0.4) is 0 Å². The smallest absolute Gasteiger partial charge is 0.407 e. The van der Waals surface area contributed by atoms with Gasteiger partial charge in [-0.25, -0.2) is 9.59 Å². The van der Waals surface area contributed by atoms with Crippen LogP contribution in [0.4, 0.5) is 21.0 Å². The molecule has 54 heavy (non-hydrogen) atoms. The highest BCUT2D eigenvalue weighted by atomic mass is 16.6. The Bertz CT molecular complexity index is 1660. The number of anilines is 2. The molecule has 0 aliphatic heterocycles. The van der Waals surface area contributed by atoms with Crippen molar-refractivity contribution in [2.75, 3.05) is 37.9 Å². The van der Waals surface area contributed by atoms with Gasteiger partial charge < -0.3 is 40.2 Å². The fourth-order valence-electron chi connectivity index (χ4n) is 6.94. The number of rotatable bonds is 14. The van der Waals surface area contributed by atoms with Crippen LogP contribution in [-0.4, -0.2) is 74.5 Å². The lowest BCUT2D eigenvalue weighted by Gasteiger charge is -2.60. The van der Waals surface area contributed by atoms with Gasteiger partial charge in [-0.3, -0.25) is 19.2 Å². The topological polar surface area (TPSA) is 187 Å².